The fraction of sp³-hybridized carbons (Fsp3) is 0.150. The van der Waals surface area contributed by atoms with Crippen LogP contribution in [0.15, 0.2) is 60.7 Å². The maximum atomic E-state index is 13.5. The molecular weight excluding hydrogens is 339 g/mol. The van der Waals surface area contributed by atoms with Gasteiger partial charge >= 0.3 is 6.18 Å². The summed E-state index contributed by atoms with van der Waals surface area (Å²) in [6.07, 6.45) is -2.59. The van der Waals surface area contributed by atoms with Crippen LogP contribution in [-0.2, 0) is 12.7 Å². The number of halogens is 3. The first-order valence-electron chi connectivity index (χ1n) is 8.25. The van der Waals surface area contributed by atoms with Gasteiger partial charge in [0.2, 0.25) is 0 Å². The van der Waals surface area contributed by atoms with E-state index in [1.807, 2.05) is 42.5 Å². The van der Waals surface area contributed by atoms with Crippen molar-refractivity contribution < 1.29 is 13.2 Å². The van der Waals surface area contributed by atoms with Crippen LogP contribution < -0.4 is 5.32 Å². The first kappa shape index (κ1) is 16.6. The highest BCUT2D eigenvalue weighted by Crippen LogP contribution is 2.37. The minimum absolute atomic E-state index is 0.142. The van der Waals surface area contributed by atoms with Crippen LogP contribution in [-0.4, -0.2) is 16.3 Å². The standard InChI is InChI=1S/C20H16F3N3/c21-20(22,23)19-17-13-24-12-15(11-14-7-3-1-4-8-14)18(17)26(25-19)16-9-5-2-6-10-16/h1-11,24H,12-13H2/b15-11-. The Kier molecular flexibility index (Phi) is 4.12. The fourth-order valence-corrected chi connectivity index (χ4v) is 3.21. The van der Waals surface area contributed by atoms with E-state index in [1.165, 1.54) is 4.68 Å². The SMILES string of the molecule is FC(F)(F)c1nn(-c2ccccc2)c2c1CNC/C2=C/c1ccccc1. The molecule has 132 valence electrons. The van der Waals surface area contributed by atoms with Crippen LogP contribution in [0.5, 0.6) is 0 Å². The summed E-state index contributed by atoms with van der Waals surface area (Å²) in [5, 5.41) is 7.00. The number of hydrogen-bond donors (Lipinski definition) is 1. The van der Waals surface area contributed by atoms with Crippen molar-refractivity contribution in [2.45, 2.75) is 12.7 Å². The number of rotatable bonds is 2. The molecule has 0 unspecified atom stereocenters. The van der Waals surface area contributed by atoms with Crippen LogP contribution >= 0.6 is 0 Å². The van der Waals surface area contributed by atoms with Crippen molar-refractivity contribution in [3.8, 4) is 5.69 Å². The lowest BCUT2D eigenvalue weighted by atomic mass is 9.99. The van der Waals surface area contributed by atoms with E-state index in [0.717, 1.165) is 11.1 Å². The van der Waals surface area contributed by atoms with Crippen LogP contribution in [0.25, 0.3) is 17.3 Å². The Hall–Kier alpha value is -2.86. The Balaban J connectivity index is 1.94. The molecule has 3 aromatic rings. The minimum Gasteiger partial charge on any atom is -0.308 e. The lowest BCUT2D eigenvalue weighted by molar-refractivity contribution is -0.142. The molecule has 0 fully saturated rings. The highest BCUT2D eigenvalue weighted by molar-refractivity contribution is 5.84. The third kappa shape index (κ3) is 3.04. The second-order valence-electron chi connectivity index (χ2n) is 6.10. The number of para-hydroxylation sites is 1. The summed E-state index contributed by atoms with van der Waals surface area (Å²) < 4.78 is 42.0. The van der Waals surface area contributed by atoms with Gasteiger partial charge in [-0.25, -0.2) is 4.68 Å². The van der Waals surface area contributed by atoms with E-state index in [4.69, 9.17) is 0 Å². The molecule has 1 aromatic heterocycles. The molecular formula is C20H16F3N3. The smallest absolute Gasteiger partial charge is 0.308 e. The van der Waals surface area contributed by atoms with E-state index in [1.54, 1.807) is 24.3 Å². The van der Waals surface area contributed by atoms with Gasteiger partial charge in [0.1, 0.15) is 0 Å². The third-order valence-corrected chi connectivity index (χ3v) is 4.31. The highest BCUT2D eigenvalue weighted by atomic mass is 19.4. The van der Waals surface area contributed by atoms with Gasteiger partial charge in [0, 0.05) is 18.7 Å². The number of benzene rings is 2. The van der Waals surface area contributed by atoms with Gasteiger partial charge in [-0.05, 0) is 29.3 Å². The summed E-state index contributed by atoms with van der Waals surface area (Å²) in [4.78, 5) is 0. The van der Waals surface area contributed by atoms with Gasteiger partial charge in [0.15, 0.2) is 5.69 Å². The molecule has 0 spiro atoms. The van der Waals surface area contributed by atoms with E-state index >= 15 is 0 Å². The second-order valence-corrected chi connectivity index (χ2v) is 6.10. The van der Waals surface area contributed by atoms with Gasteiger partial charge in [-0.3, -0.25) is 0 Å². The molecule has 0 saturated heterocycles. The van der Waals surface area contributed by atoms with E-state index in [0.29, 0.717) is 17.9 Å². The monoisotopic (exact) mass is 355 g/mol. The zero-order valence-corrected chi connectivity index (χ0v) is 13.8. The number of fused-ring (bicyclic) bond motifs is 1. The average Bonchev–Trinajstić information content (AvgIpc) is 3.04. The van der Waals surface area contributed by atoms with Crippen molar-refractivity contribution in [3.05, 3.63) is 83.2 Å². The summed E-state index contributed by atoms with van der Waals surface area (Å²) in [7, 11) is 0. The van der Waals surface area contributed by atoms with Crippen LogP contribution in [0.4, 0.5) is 13.2 Å². The van der Waals surface area contributed by atoms with Crippen LogP contribution in [0.1, 0.15) is 22.5 Å². The number of nitrogens with zero attached hydrogens (tertiary/aromatic N) is 2. The Bertz CT molecular complexity index is 942. The van der Waals surface area contributed by atoms with Gasteiger partial charge in [-0.1, -0.05) is 48.5 Å². The zero-order valence-electron chi connectivity index (χ0n) is 13.8. The van der Waals surface area contributed by atoms with Crippen molar-refractivity contribution in [1.82, 2.24) is 15.1 Å². The number of hydrogen-bond acceptors (Lipinski definition) is 2. The Labute approximate surface area is 148 Å². The van der Waals surface area contributed by atoms with E-state index < -0.39 is 11.9 Å². The first-order chi connectivity index (χ1) is 12.5. The molecule has 0 aliphatic carbocycles. The molecule has 0 bridgehead atoms. The first-order valence-corrected chi connectivity index (χ1v) is 8.25. The van der Waals surface area contributed by atoms with Crippen LogP contribution in [0, 0.1) is 0 Å². The van der Waals surface area contributed by atoms with Crippen molar-refractivity contribution in [2.75, 3.05) is 6.54 Å². The summed E-state index contributed by atoms with van der Waals surface area (Å²) in [5.41, 5.74) is 2.21. The number of nitrogens with one attached hydrogen (secondary N) is 1. The molecule has 26 heavy (non-hydrogen) atoms. The van der Waals surface area contributed by atoms with E-state index in [2.05, 4.69) is 10.4 Å². The molecule has 2 heterocycles. The normalized spacial score (nSPS) is 15.9. The van der Waals surface area contributed by atoms with Crippen molar-refractivity contribution in [3.63, 3.8) is 0 Å². The van der Waals surface area contributed by atoms with Gasteiger partial charge in [-0.2, -0.15) is 18.3 Å². The Morgan fingerprint density at radius 3 is 2.23 bits per heavy atom. The van der Waals surface area contributed by atoms with Gasteiger partial charge in [0.05, 0.1) is 11.4 Å². The molecule has 1 N–H and O–H groups in total. The number of aromatic nitrogens is 2. The highest BCUT2D eigenvalue weighted by Gasteiger charge is 2.40. The number of alkyl halides is 3. The maximum absolute atomic E-state index is 13.5. The Morgan fingerprint density at radius 1 is 0.923 bits per heavy atom. The summed E-state index contributed by atoms with van der Waals surface area (Å²) in [5.74, 6) is 0. The minimum atomic E-state index is -4.50. The molecule has 0 saturated carbocycles. The molecule has 4 rings (SSSR count). The molecule has 1 aliphatic heterocycles. The average molecular weight is 355 g/mol. The van der Waals surface area contributed by atoms with E-state index in [9.17, 15) is 13.2 Å². The van der Waals surface area contributed by atoms with Crippen molar-refractivity contribution in [1.29, 1.82) is 0 Å². The molecule has 6 heteroatoms. The van der Waals surface area contributed by atoms with Crippen molar-refractivity contribution >= 4 is 11.6 Å². The third-order valence-electron chi connectivity index (χ3n) is 4.31. The van der Waals surface area contributed by atoms with Crippen molar-refractivity contribution in [2.24, 2.45) is 0 Å². The second kappa shape index (κ2) is 6.46. The van der Waals surface area contributed by atoms with E-state index in [-0.39, 0.29) is 12.1 Å². The lowest BCUT2D eigenvalue weighted by Gasteiger charge is -2.20. The zero-order chi connectivity index (χ0) is 18.1. The van der Waals surface area contributed by atoms with Gasteiger partial charge < -0.3 is 5.32 Å². The fourth-order valence-electron chi connectivity index (χ4n) is 3.21. The molecule has 0 atom stereocenters. The molecule has 0 amide bonds. The topological polar surface area (TPSA) is 29.9 Å². The summed E-state index contributed by atoms with van der Waals surface area (Å²) in [6, 6.07) is 18.5. The van der Waals surface area contributed by atoms with Crippen LogP contribution in [0.3, 0.4) is 0 Å². The molecule has 3 nitrogen and oxygen atoms in total. The Morgan fingerprint density at radius 2 is 1.58 bits per heavy atom. The largest absolute Gasteiger partial charge is 0.435 e. The predicted octanol–water partition coefficient (Wildman–Crippen LogP) is 4.53. The molecule has 2 aromatic carbocycles. The molecule has 0 radical (unpaired) electrons. The summed E-state index contributed by atoms with van der Waals surface area (Å²) in [6.45, 7) is 0.626. The summed E-state index contributed by atoms with van der Waals surface area (Å²) >= 11 is 0. The van der Waals surface area contributed by atoms with Crippen LogP contribution in [0.2, 0.25) is 0 Å². The maximum Gasteiger partial charge on any atom is 0.435 e. The lowest BCUT2D eigenvalue weighted by Crippen LogP contribution is -2.25. The van der Waals surface area contributed by atoms with Gasteiger partial charge in [-0.15, -0.1) is 0 Å². The quantitative estimate of drug-likeness (QED) is 0.732. The molecule has 1 aliphatic rings. The predicted molar refractivity (Wildman–Crippen MR) is 94.6 cm³/mol. The van der Waals surface area contributed by atoms with Gasteiger partial charge in [0.25, 0.3) is 0 Å².